The van der Waals surface area contributed by atoms with Crippen LogP contribution in [0.4, 0.5) is 0 Å². The van der Waals surface area contributed by atoms with Crippen LogP contribution >= 0.6 is 19.6 Å². The van der Waals surface area contributed by atoms with E-state index < -0.39 is 143 Å². The van der Waals surface area contributed by atoms with Crippen LogP contribution in [0.1, 0.15) is 26.2 Å². The molecule has 54 heavy (non-hydrogen) atoms. The minimum Gasteiger partial charge on any atom is -0.477 e. The SMILES string of the molecule is CC(=O)N[C@@H]1[C@@H](O)[C@H](O)[C@@H](CO[C@]2(C(=O)O)C[C@@H](OP(=O)(O)O)[C@@H](O[C@H]3O[C@H]([C@@H](O)CO)[C@@H](O)[C@H](O)[C@@H]3O)[C@@H]([C@H](O)CO)O2)C[C@H]1OCCCSCCN. The molecule has 0 bridgehead atoms. The third-order valence-electron chi connectivity index (χ3n) is 9.18. The van der Waals surface area contributed by atoms with Crippen molar-refractivity contribution in [3.63, 3.8) is 0 Å². The molecule has 16 atom stereocenters. The van der Waals surface area contributed by atoms with E-state index in [1.807, 2.05) is 0 Å². The van der Waals surface area contributed by atoms with Gasteiger partial charge in [0.15, 0.2) is 6.29 Å². The second-order valence-electron chi connectivity index (χ2n) is 13.2. The third-order valence-corrected chi connectivity index (χ3v) is 10.8. The molecular weight excluding hydrogens is 775 g/mol. The lowest BCUT2D eigenvalue weighted by Gasteiger charge is -2.49. The molecule has 23 nitrogen and oxygen atoms in total. The summed E-state index contributed by atoms with van der Waals surface area (Å²) in [6, 6.07) is -1.08. The van der Waals surface area contributed by atoms with Crippen molar-refractivity contribution in [2.24, 2.45) is 11.7 Å². The molecule has 3 fully saturated rings. The Bertz CT molecular complexity index is 1240. The minimum absolute atomic E-state index is 0.113. The number of amides is 1. The van der Waals surface area contributed by atoms with Gasteiger partial charge in [-0.25, -0.2) is 9.36 Å². The van der Waals surface area contributed by atoms with Crippen molar-refractivity contribution < 1.29 is 103 Å². The standard InChI is InChI=1S/C29H53N2O21PS/c1-12(34)31-18-16(47-4-2-5-54-6-3-30)7-13(19(37)20(18)38)11-48-29(28(42)43)8-17(52-53(44,45)46)26(25(51-29)15(36)10-33)50-27-23(41)21(39)22(40)24(49-27)14(35)9-32/h13-27,32-33,35-41H,2-11,30H2,1H3,(H,31,34)(H,42,43)(H2,44,45,46)/t13-,14+,15-,16-,17-,18+,19-,20-,21+,22+,23+,24-,25-,26-,27-,29-/m1/s1. The molecule has 2 saturated heterocycles. The quantitative estimate of drug-likeness (QED) is 0.0401. The summed E-state index contributed by atoms with van der Waals surface area (Å²) in [7, 11) is -5.58. The fourth-order valence-electron chi connectivity index (χ4n) is 6.49. The molecule has 3 rings (SSSR count). The fourth-order valence-corrected chi connectivity index (χ4v) is 7.73. The van der Waals surface area contributed by atoms with Crippen LogP contribution in [0.25, 0.3) is 0 Å². The molecule has 0 aromatic heterocycles. The summed E-state index contributed by atoms with van der Waals surface area (Å²) in [5, 5.41) is 106. The van der Waals surface area contributed by atoms with Crippen LogP contribution in [0.15, 0.2) is 0 Å². The molecule has 2 aliphatic heterocycles. The highest BCUT2D eigenvalue weighted by Crippen LogP contribution is 2.46. The number of carbonyl (C=O) groups excluding carboxylic acids is 1. The first-order valence-electron chi connectivity index (χ1n) is 17.0. The summed E-state index contributed by atoms with van der Waals surface area (Å²) < 4.78 is 45.3. The maximum absolute atomic E-state index is 12.9. The second-order valence-corrected chi connectivity index (χ2v) is 15.6. The molecule has 0 aromatic carbocycles. The average molecular weight is 829 g/mol. The highest BCUT2D eigenvalue weighted by molar-refractivity contribution is 7.99. The summed E-state index contributed by atoms with van der Waals surface area (Å²) >= 11 is 1.58. The Labute approximate surface area is 313 Å². The number of thioether (sulfide) groups is 1. The Hall–Kier alpha value is -1.20. The molecule has 0 radical (unpaired) electrons. The fraction of sp³-hybridized carbons (Fsp3) is 0.931. The van der Waals surface area contributed by atoms with Crippen LogP contribution in [0.2, 0.25) is 0 Å². The van der Waals surface area contributed by atoms with Crippen LogP contribution in [0.3, 0.4) is 0 Å². The summed E-state index contributed by atoms with van der Waals surface area (Å²) in [5.41, 5.74) is 5.50. The predicted molar refractivity (Wildman–Crippen MR) is 179 cm³/mol. The number of carboxylic acid groups (broad SMARTS) is 1. The normalized spacial score (nSPS) is 38.8. The van der Waals surface area contributed by atoms with E-state index in [1.165, 1.54) is 6.92 Å². The topological polar surface area (TPSA) is 387 Å². The van der Waals surface area contributed by atoms with Crippen LogP contribution in [0, 0.1) is 5.92 Å². The van der Waals surface area contributed by atoms with Crippen molar-refractivity contribution in [1.82, 2.24) is 5.32 Å². The molecule has 1 amide bonds. The average Bonchev–Trinajstić information content (AvgIpc) is 3.11. The van der Waals surface area contributed by atoms with Crippen molar-refractivity contribution in [3.05, 3.63) is 0 Å². The van der Waals surface area contributed by atoms with Crippen molar-refractivity contribution >= 4 is 31.5 Å². The molecule has 316 valence electrons. The first kappa shape index (κ1) is 47.2. The van der Waals surface area contributed by atoms with Gasteiger partial charge in [-0.15, -0.1) is 0 Å². The minimum atomic E-state index is -5.58. The van der Waals surface area contributed by atoms with E-state index in [4.69, 9.17) is 33.9 Å². The lowest BCUT2D eigenvalue weighted by molar-refractivity contribution is -0.370. The zero-order valence-corrected chi connectivity index (χ0v) is 30.9. The predicted octanol–water partition coefficient (Wildman–Crippen LogP) is -6.34. The number of carbonyl (C=O) groups is 2. The van der Waals surface area contributed by atoms with Crippen LogP contribution < -0.4 is 11.1 Å². The summed E-state index contributed by atoms with van der Waals surface area (Å²) in [6.07, 6.45) is -25.4. The molecule has 25 heteroatoms. The smallest absolute Gasteiger partial charge is 0.469 e. The number of aliphatic carboxylic acids is 1. The zero-order chi connectivity index (χ0) is 40.5. The molecule has 0 aromatic rings. The lowest BCUT2D eigenvalue weighted by Crippen LogP contribution is -2.67. The maximum atomic E-state index is 12.9. The van der Waals surface area contributed by atoms with E-state index in [0.29, 0.717) is 18.7 Å². The van der Waals surface area contributed by atoms with Crippen molar-refractivity contribution in [1.29, 1.82) is 0 Å². The Morgan fingerprint density at radius 3 is 2.19 bits per heavy atom. The van der Waals surface area contributed by atoms with E-state index >= 15 is 0 Å². The molecular formula is C29H53N2O21PS. The third kappa shape index (κ3) is 12.2. The van der Waals surface area contributed by atoms with Crippen molar-refractivity contribution in [3.8, 4) is 0 Å². The first-order valence-corrected chi connectivity index (χ1v) is 19.7. The number of phosphoric ester groups is 1. The lowest BCUT2D eigenvalue weighted by atomic mass is 9.79. The number of hydrogen-bond acceptors (Lipinski definition) is 20. The van der Waals surface area contributed by atoms with Crippen LogP contribution in [-0.4, -0.2) is 209 Å². The van der Waals surface area contributed by atoms with Gasteiger partial charge in [-0.05, 0) is 18.6 Å². The number of aliphatic hydroxyl groups excluding tert-OH is 9. The van der Waals surface area contributed by atoms with Gasteiger partial charge in [0.2, 0.25) is 5.91 Å². The van der Waals surface area contributed by atoms with Gasteiger partial charge in [0.05, 0.1) is 38.1 Å². The number of hydrogen-bond donors (Lipinski definition) is 14. The van der Waals surface area contributed by atoms with Crippen molar-refractivity contribution in [2.45, 2.75) is 118 Å². The number of ether oxygens (including phenoxy) is 5. The number of aliphatic hydroxyl groups is 9. The van der Waals surface area contributed by atoms with E-state index in [9.17, 15) is 75.0 Å². The van der Waals surface area contributed by atoms with E-state index in [-0.39, 0.29) is 13.0 Å². The Morgan fingerprint density at radius 2 is 1.61 bits per heavy atom. The summed E-state index contributed by atoms with van der Waals surface area (Å²) in [6.45, 7) is -1.08. The second kappa shape index (κ2) is 21.0. The molecule has 1 saturated carbocycles. The summed E-state index contributed by atoms with van der Waals surface area (Å²) in [5.74, 6) is -5.17. The highest BCUT2D eigenvalue weighted by atomic mass is 32.2. The number of rotatable bonds is 20. The number of phosphoric acid groups is 1. The molecule has 15 N–H and O–H groups in total. The van der Waals surface area contributed by atoms with Crippen LogP contribution in [-0.2, 0) is 42.4 Å². The molecule has 3 aliphatic rings. The molecule has 0 unspecified atom stereocenters. The van der Waals surface area contributed by atoms with Gasteiger partial charge < -0.3 is 95.6 Å². The molecule has 2 heterocycles. The first-order chi connectivity index (χ1) is 25.3. The van der Waals surface area contributed by atoms with E-state index in [0.717, 1.165) is 5.75 Å². The van der Waals surface area contributed by atoms with E-state index in [2.05, 4.69) is 5.32 Å². The van der Waals surface area contributed by atoms with Gasteiger partial charge in [0, 0.05) is 38.2 Å². The number of nitrogens with two attached hydrogens (primary N) is 1. The Kier molecular flexibility index (Phi) is 18.3. The Morgan fingerprint density at radius 1 is 0.963 bits per heavy atom. The van der Waals surface area contributed by atoms with Gasteiger partial charge in [-0.2, -0.15) is 11.8 Å². The van der Waals surface area contributed by atoms with Gasteiger partial charge in [0.1, 0.15) is 61.0 Å². The molecule has 0 spiro atoms. The zero-order valence-electron chi connectivity index (χ0n) is 29.2. The summed E-state index contributed by atoms with van der Waals surface area (Å²) in [4.78, 5) is 44.3. The number of nitrogens with one attached hydrogen (secondary N) is 1. The van der Waals surface area contributed by atoms with Crippen LogP contribution in [0.5, 0.6) is 0 Å². The van der Waals surface area contributed by atoms with Gasteiger partial charge in [-0.3, -0.25) is 9.32 Å². The van der Waals surface area contributed by atoms with Gasteiger partial charge in [-0.1, -0.05) is 0 Å². The van der Waals surface area contributed by atoms with Gasteiger partial charge >= 0.3 is 13.8 Å². The maximum Gasteiger partial charge on any atom is 0.469 e. The van der Waals surface area contributed by atoms with E-state index in [1.54, 1.807) is 11.8 Å². The largest absolute Gasteiger partial charge is 0.477 e. The molecule has 1 aliphatic carbocycles. The monoisotopic (exact) mass is 828 g/mol. The Balaban J connectivity index is 1.91. The number of carboxylic acids is 1. The highest BCUT2D eigenvalue weighted by Gasteiger charge is 2.59. The van der Waals surface area contributed by atoms with Crippen molar-refractivity contribution in [2.75, 3.05) is 44.5 Å². The van der Waals surface area contributed by atoms with Gasteiger partial charge in [0.25, 0.3) is 5.79 Å².